The van der Waals surface area contributed by atoms with Gasteiger partial charge in [0.1, 0.15) is 18.0 Å². The van der Waals surface area contributed by atoms with Gasteiger partial charge < -0.3 is 20.6 Å². The van der Waals surface area contributed by atoms with E-state index in [0.29, 0.717) is 24.9 Å². The summed E-state index contributed by atoms with van der Waals surface area (Å²) in [6.07, 6.45) is 10.4. The molecule has 1 aromatic rings. The molecule has 6 nitrogen and oxygen atoms in total. The fourth-order valence-electron chi connectivity index (χ4n) is 3.85. The van der Waals surface area contributed by atoms with E-state index in [1.807, 2.05) is 0 Å². The lowest BCUT2D eigenvalue weighted by Gasteiger charge is -2.28. The molecule has 0 aromatic carbocycles. The quantitative estimate of drug-likeness (QED) is 0.808. The maximum Gasteiger partial charge on any atom is 0.134 e. The Hall–Kier alpha value is -1.66. The van der Waals surface area contributed by atoms with Gasteiger partial charge in [-0.2, -0.15) is 0 Å². The maximum atomic E-state index is 9.93. The van der Waals surface area contributed by atoms with E-state index in [1.54, 1.807) is 6.33 Å². The number of rotatable bonds is 3. The second-order valence-electron chi connectivity index (χ2n) is 7.22. The van der Waals surface area contributed by atoms with Crippen LogP contribution in [0.2, 0.25) is 0 Å². The standard InChI is InChI=1S/C17H25N5O/c18-9-13-7-14(23)10-22(13)16-8-15(19-12-20-16)21-6-2-1-3-17(11-21)4-5-17/h1-2,8,12-14,23H,3-7,9-11,18H2/t13-,14-/m1/s1. The van der Waals surface area contributed by atoms with Gasteiger partial charge in [0.05, 0.1) is 6.10 Å². The van der Waals surface area contributed by atoms with Gasteiger partial charge in [0, 0.05) is 38.3 Å². The number of aliphatic hydroxyl groups is 1. The van der Waals surface area contributed by atoms with Gasteiger partial charge >= 0.3 is 0 Å². The molecule has 1 aromatic heterocycles. The summed E-state index contributed by atoms with van der Waals surface area (Å²) < 4.78 is 0. The van der Waals surface area contributed by atoms with Crippen molar-refractivity contribution < 1.29 is 5.11 Å². The zero-order valence-corrected chi connectivity index (χ0v) is 13.4. The van der Waals surface area contributed by atoms with Crippen LogP contribution in [0.15, 0.2) is 24.5 Å². The van der Waals surface area contributed by atoms with Gasteiger partial charge in [-0.15, -0.1) is 0 Å². The van der Waals surface area contributed by atoms with Crippen LogP contribution in [0.25, 0.3) is 0 Å². The van der Waals surface area contributed by atoms with Crippen molar-refractivity contribution in [1.29, 1.82) is 0 Å². The van der Waals surface area contributed by atoms with E-state index in [0.717, 1.165) is 24.7 Å². The largest absolute Gasteiger partial charge is 0.391 e. The minimum atomic E-state index is -0.321. The third-order valence-corrected chi connectivity index (χ3v) is 5.45. The molecule has 6 heteroatoms. The summed E-state index contributed by atoms with van der Waals surface area (Å²) in [7, 11) is 0. The van der Waals surface area contributed by atoms with Crippen LogP contribution in [0, 0.1) is 5.41 Å². The summed E-state index contributed by atoms with van der Waals surface area (Å²) in [4.78, 5) is 13.4. The summed E-state index contributed by atoms with van der Waals surface area (Å²) in [5.41, 5.74) is 6.33. The lowest BCUT2D eigenvalue weighted by atomic mass is 10.0. The van der Waals surface area contributed by atoms with E-state index >= 15 is 0 Å². The topological polar surface area (TPSA) is 78.5 Å². The Morgan fingerprint density at radius 3 is 2.87 bits per heavy atom. The van der Waals surface area contributed by atoms with Gasteiger partial charge in [-0.1, -0.05) is 12.2 Å². The molecule has 0 bridgehead atoms. The number of nitrogens with two attached hydrogens (primary N) is 1. The SMILES string of the molecule is NC[C@H]1C[C@@H](O)CN1c1cc(N2CC=CCC3(CC3)C2)ncn1. The Bertz CT molecular complexity index is 600. The van der Waals surface area contributed by atoms with Gasteiger partial charge in [0.2, 0.25) is 0 Å². The molecule has 2 fully saturated rings. The van der Waals surface area contributed by atoms with Crippen molar-refractivity contribution in [3.8, 4) is 0 Å². The molecule has 3 aliphatic rings. The first-order chi connectivity index (χ1) is 11.2. The Labute approximate surface area is 137 Å². The molecule has 3 N–H and O–H groups in total. The average molecular weight is 315 g/mol. The summed E-state index contributed by atoms with van der Waals surface area (Å²) in [5.74, 6) is 1.85. The molecular weight excluding hydrogens is 290 g/mol. The summed E-state index contributed by atoms with van der Waals surface area (Å²) in [5, 5.41) is 9.93. The third kappa shape index (κ3) is 2.93. The van der Waals surface area contributed by atoms with Crippen molar-refractivity contribution >= 4 is 11.6 Å². The van der Waals surface area contributed by atoms with E-state index in [9.17, 15) is 5.11 Å². The molecule has 23 heavy (non-hydrogen) atoms. The second kappa shape index (κ2) is 5.76. The highest BCUT2D eigenvalue weighted by Gasteiger charge is 2.43. The van der Waals surface area contributed by atoms with E-state index in [-0.39, 0.29) is 12.1 Å². The van der Waals surface area contributed by atoms with E-state index < -0.39 is 0 Å². The highest BCUT2D eigenvalue weighted by molar-refractivity contribution is 5.52. The molecule has 0 unspecified atom stereocenters. The van der Waals surface area contributed by atoms with E-state index in [1.165, 1.54) is 19.3 Å². The number of anilines is 2. The number of aliphatic hydroxyl groups excluding tert-OH is 1. The van der Waals surface area contributed by atoms with Gasteiger partial charge in [-0.25, -0.2) is 9.97 Å². The summed E-state index contributed by atoms with van der Waals surface area (Å²) in [6, 6.07) is 2.21. The number of β-amino-alcohol motifs (C(OH)–C–C–N with tert-alkyl or cyclic N) is 1. The number of aromatic nitrogens is 2. The predicted molar refractivity (Wildman–Crippen MR) is 90.5 cm³/mol. The number of nitrogens with zero attached hydrogens (tertiary/aromatic N) is 4. The molecule has 1 saturated heterocycles. The molecule has 4 rings (SSSR count). The first-order valence-electron chi connectivity index (χ1n) is 8.56. The van der Waals surface area contributed by atoms with Crippen molar-refractivity contribution in [2.45, 2.75) is 37.8 Å². The van der Waals surface area contributed by atoms with Crippen LogP contribution in [-0.2, 0) is 0 Å². The van der Waals surface area contributed by atoms with Crippen molar-refractivity contribution in [2.24, 2.45) is 11.1 Å². The van der Waals surface area contributed by atoms with Crippen LogP contribution >= 0.6 is 0 Å². The predicted octanol–water partition coefficient (Wildman–Crippen LogP) is 0.921. The molecule has 0 amide bonds. The van der Waals surface area contributed by atoms with Crippen LogP contribution in [0.3, 0.4) is 0 Å². The zero-order chi connectivity index (χ0) is 15.9. The van der Waals surface area contributed by atoms with Crippen LogP contribution in [0.5, 0.6) is 0 Å². The molecule has 3 heterocycles. The Balaban J connectivity index is 1.57. The fraction of sp³-hybridized carbons (Fsp3) is 0.647. The van der Waals surface area contributed by atoms with Gasteiger partial charge in [0.25, 0.3) is 0 Å². The van der Waals surface area contributed by atoms with Gasteiger partial charge in [-0.05, 0) is 31.1 Å². The molecule has 2 aliphatic heterocycles. The van der Waals surface area contributed by atoms with Crippen molar-refractivity contribution in [3.05, 3.63) is 24.5 Å². The van der Waals surface area contributed by atoms with Crippen molar-refractivity contribution in [1.82, 2.24) is 9.97 Å². The van der Waals surface area contributed by atoms with Gasteiger partial charge in [-0.3, -0.25) is 0 Å². The van der Waals surface area contributed by atoms with Crippen LogP contribution in [0.4, 0.5) is 11.6 Å². The number of allylic oxidation sites excluding steroid dienone is 1. The zero-order valence-electron chi connectivity index (χ0n) is 13.4. The second-order valence-corrected chi connectivity index (χ2v) is 7.22. The highest BCUT2D eigenvalue weighted by atomic mass is 16.3. The Kier molecular flexibility index (Phi) is 3.73. The highest BCUT2D eigenvalue weighted by Crippen LogP contribution is 2.50. The molecular formula is C17H25N5O. The number of hydrogen-bond donors (Lipinski definition) is 2. The minimum Gasteiger partial charge on any atom is -0.391 e. The molecule has 1 saturated carbocycles. The average Bonchev–Trinajstić information content (AvgIpc) is 3.29. The van der Waals surface area contributed by atoms with Crippen LogP contribution < -0.4 is 15.5 Å². The summed E-state index contributed by atoms with van der Waals surface area (Å²) in [6.45, 7) is 3.11. The summed E-state index contributed by atoms with van der Waals surface area (Å²) >= 11 is 0. The Morgan fingerprint density at radius 1 is 1.26 bits per heavy atom. The molecule has 1 spiro atoms. The normalized spacial score (nSPS) is 29.1. The van der Waals surface area contributed by atoms with E-state index in [4.69, 9.17) is 5.73 Å². The van der Waals surface area contributed by atoms with Crippen molar-refractivity contribution in [2.75, 3.05) is 36.0 Å². The first-order valence-corrected chi connectivity index (χ1v) is 8.56. The van der Waals surface area contributed by atoms with E-state index in [2.05, 4.69) is 38.0 Å². The van der Waals surface area contributed by atoms with Gasteiger partial charge in [0.15, 0.2) is 0 Å². The monoisotopic (exact) mass is 315 g/mol. The fourth-order valence-corrected chi connectivity index (χ4v) is 3.85. The van der Waals surface area contributed by atoms with Crippen LogP contribution in [0.1, 0.15) is 25.7 Å². The number of hydrogen-bond acceptors (Lipinski definition) is 6. The minimum absolute atomic E-state index is 0.159. The van der Waals surface area contributed by atoms with Crippen LogP contribution in [-0.4, -0.2) is 53.4 Å². The molecule has 124 valence electrons. The first kappa shape index (κ1) is 14.9. The lowest BCUT2D eigenvalue weighted by Crippen LogP contribution is -2.36. The third-order valence-electron chi connectivity index (χ3n) is 5.45. The molecule has 0 radical (unpaired) electrons. The lowest BCUT2D eigenvalue weighted by molar-refractivity contribution is 0.194. The smallest absolute Gasteiger partial charge is 0.134 e. The molecule has 1 aliphatic carbocycles. The maximum absolute atomic E-state index is 9.93. The molecule has 2 atom stereocenters. The Morgan fingerprint density at radius 2 is 2.09 bits per heavy atom. The van der Waals surface area contributed by atoms with Crippen molar-refractivity contribution in [3.63, 3.8) is 0 Å².